The zero-order valence-corrected chi connectivity index (χ0v) is 14.0. The molecule has 1 saturated heterocycles. The van der Waals surface area contributed by atoms with Gasteiger partial charge in [0.2, 0.25) is 5.91 Å². The van der Waals surface area contributed by atoms with Gasteiger partial charge in [0.1, 0.15) is 6.04 Å². The largest absolute Gasteiger partial charge is 0.372 e. The van der Waals surface area contributed by atoms with Crippen LogP contribution in [0.3, 0.4) is 0 Å². The third-order valence-electron chi connectivity index (χ3n) is 3.51. The summed E-state index contributed by atoms with van der Waals surface area (Å²) in [4.78, 5) is 25.9. The van der Waals surface area contributed by atoms with Gasteiger partial charge in [0.15, 0.2) is 0 Å². The van der Waals surface area contributed by atoms with Gasteiger partial charge in [-0.3, -0.25) is 9.59 Å². The Kier molecular flexibility index (Phi) is 4.48. The topological polar surface area (TPSA) is 49.4 Å². The molecular formula is C16H11Cl3N2O2. The Labute approximate surface area is 147 Å². The minimum atomic E-state index is -0.686. The van der Waals surface area contributed by atoms with Crippen LogP contribution in [-0.4, -0.2) is 17.9 Å². The Balaban J connectivity index is 1.84. The molecule has 0 saturated carbocycles. The first kappa shape index (κ1) is 16.1. The fourth-order valence-electron chi connectivity index (χ4n) is 2.41. The lowest BCUT2D eigenvalue weighted by atomic mass is 10.2. The van der Waals surface area contributed by atoms with E-state index in [-0.39, 0.29) is 18.2 Å². The van der Waals surface area contributed by atoms with E-state index < -0.39 is 6.04 Å². The van der Waals surface area contributed by atoms with Gasteiger partial charge in [0.25, 0.3) is 5.91 Å². The lowest BCUT2D eigenvalue weighted by Crippen LogP contribution is -2.34. The quantitative estimate of drug-likeness (QED) is 0.816. The van der Waals surface area contributed by atoms with E-state index in [0.29, 0.717) is 26.4 Å². The van der Waals surface area contributed by atoms with E-state index in [1.165, 1.54) is 0 Å². The maximum absolute atomic E-state index is 12.5. The van der Waals surface area contributed by atoms with Gasteiger partial charge in [0.05, 0.1) is 27.8 Å². The monoisotopic (exact) mass is 368 g/mol. The van der Waals surface area contributed by atoms with Crippen molar-refractivity contribution >= 4 is 58.0 Å². The van der Waals surface area contributed by atoms with Crippen LogP contribution in [0.25, 0.3) is 0 Å². The third kappa shape index (κ3) is 3.15. The first-order chi connectivity index (χ1) is 11.0. The third-order valence-corrected chi connectivity index (χ3v) is 4.58. The molecule has 0 aromatic heterocycles. The van der Waals surface area contributed by atoms with E-state index in [4.69, 9.17) is 34.8 Å². The second-order valence-corrected chi connectivity index (χ2v) is 6.27. The van der Waals surface area contributed by atoms with Crippen molar-refractivity contribution in [1.82, 2.24) is 0 Å². The highest BCUT2D eigenvalue weighted by Crippen LogP contribution is 2.32. The summed E-state index contributed by atoms with van der Waals surface area (Å²) in [6.45, 7) is 0. The maximum atomic E-state index is 12.5. The van der Waals surface area contributed by atoms with Crippen LogP contribution < -0.4 is 10.2 Å². The molecule has 0 bridgehead atoms. The summed E-state index contributed by atoms with van der Waals surface area (Å²) in [6.07, 6.45) is 0.0459. The predicted molar refractivity (Wildman–Crippen MR) is 92.4 cm³/mol. The molecule has 4 nitrogen and oxygen atoms in total. The summed E-state index contributed by atoms with van der Waals surface area (Å²) in [7, 11) is 0. The molecule has 0 aliphatic carbocycles. The van der Waals surface area contributed by atoms with Crippen molar-refractivity contribution in [3.8, 4) is 0 Å². The number of rotatable bonds is 3. The molecule has 1 aliphatic rings. The smallest absolute Gasteiger partial charge is 0.256 e. The van der Waals surface area contributed by atoms with Crippen molar-refractivity contribution in [3.63, 3.8) is 0 Å². The first-order valence-electron chi connectivity index (χ1n) is 6.80. The molecule has 1 heterocycles. The van der Waals surface area contributed by atoms with Gasteiger partial charge < -0.3 is 5.32 Å². The Hall–Kier alpha value is -1.75. The highest BCUT2D eigenvalue weighted by Gasteiger charge is 2.39. The number of nitrogens with one attached hydrogen (secondary N) is 1. The molecule has 23 heavy (non-hydrogen) atoms. The fraction of sp³-hybridized carbons (Fsp3) is 0.125. The van der Waals surface area contributed by atoms with Gasteiger partial charge in [-0.1, -0.05) is 40.9 Å². The molecule has 2 aromatic carbocycles. The number of hydrogen-bond acceptors (Lipinski definition) is 3. The van der Waals surface area contributed by atoms with Crippen molar-refractivity contribution < 1.29 is 9.59 Å². The normalized spacial score (nSPS) is 17.7. The summed E-state index contributed by atoms with van der Waals surface area (Å²) in [5.41, 5.74) is 1.01. The van der Waals surface area contributed by atoms with Crippen molar-refractivity contribution in [2.45, 2.75) is 12.5 Å². The predicted octanol–water partition coefficient (Wildman–Crippen LogP) is 4.39. The zero-order valence-electron chi connectivity index (χ0n) is 11.7. The lowest BCUT2D eigenvalue weighted by Gasteiger charge is -2.17. The molecule has 118 valence electrons. The highest BCUT2D eigenvalue weighted by molar-refractivity contribution is 6.43. The molecule has 3 rings (SSSR count). The molecule has 0 spiro atoms. The minimum Gasteiger partial charge on any atom is -0.372 e. The van der Waals surface area contributed by atoms with Crippen LogP contribution in [-0.2, 0) is 9.59 Å². The van der Waals surface area contributed by atoms with E-state index >= 15 is 0 Å². The van der Waals surface area contributed by atoms with Crippen LogP contribution in [0.15, 0.2) is 42.5 Å². The molecule has 1 aliphatic heterocycles. The summed E-state index contributed by atoms with van der Waals surface area (Å²) in [6, 6.07) is 10.9. The average molecular weight is 370 g/mol. The molecule has 2 amide bonds. The molecule has 1 N–H and O–H groups in total. The molecule has 1 unspecified atom stereocenters. The zero-order chi connectivity index (χ0) is 16.6. The van der Waals surface area contributed by atoms with Gasteiger partial charge in [-0.15, -0.1) is 0 Å². The minimum absolute atomic E-state index is 0.0459. The number of amides is 2. The van der Waals surface area contributed by atoms with Gasteiger partial charge in [-0.05, 0) is 36.4 Å². The van der Waals surface area contributed by atoms with Crippen molar-refractivity contribution in [2.75, 3.05) is 10.2 Å². The summed E-state index contributed by atoms with van der Waals surface area (Å²) >= 11 is 17.9. The van der Waals surface area contributed by atoms with Crippen molar-refractivity contribution in [3.05, 3.63) is 57.5 Å². The van der Waals surface area contributed by atoms with Crippen LogP contribution in [0, 0.1) is 0 Å². The lowest BCUT2D eigenvalue weighted by molar-refractivity contribution is -0.121. The number of halogens is 3. The van der Waals surface area contributed by atoms with Crippen molar-refractivity contribution in [2.24, 2.45) is 0 Å². The molecule has 2 aromatic rings. The Morgan fingerprint density at radius 2 is 1.70 bits per heavy atom. The van der Waals surface area contributed by atoms with E-state index in [2.05, 4.69) is 5.32 Å². The average Bonchev–Trinajstić information content (AvgIpc) is 2.79. The molecule has 1 fully saturated rings. The van der Waals surface area contributed by atoms with Gasteiger partial charge in [-0.2, -0.15) is 0 Å². The molecular weight excluding hydrogens is 359 g/mol. The maximum Gasteiger partial charge on any atom is 0.256 e. The van der Waals surface area contributed by atoms with Crippen molar-refractivity contribution in [1.29, 1.82) is 0 Å². The number of benzene rings is 2. The van der Waals surface area contributed by atoms with Gasteiger partial charge in [0, 0.05) is 5.02 Å². The van der Waals surface area contributed by atoms with E-state index in [0.717, 1.165) is 4.90 Å². The number of hydrogen-bond donors (Lipinski definition) is 1. The van der Waals surface area contributed by atoms with Gasteiger partial charge >= 0.3 is 0 Å². The van der Waals surface area contributed by atoms with E-state index in [9.17, 15) is 9.59 Å². The standard InChI is InChI=1S/C16H11Cl3N2O2/c17-9-4-6-10(7-5-9)21-14(22)8-13(16(21)23)20-12-3-1-2-11(18)15(12)19/h1-7,13,20H,8H2. The molecule has 0 radical (unpaired) electrons. The van der Waals surface area contributed by atoms with Crippen LogP contribution in [0.5, 0.6) is 0 Å². The van der Waals surface area contributed by atoms with Crippen LogP contribution in [0.2, 0.25) is 15.1 Å². The van der Waals surface area contributed by atoms with E-state index in [1.807, 2.05) is 0 Å². The van der Waals surface area contributed by atoms with Gasteiger partial charge in [-0.25, -0.2) is 4.90 Å². The second-order valence-electron chi connectivity index (χ2n) is 5.05. The number of anilines is 2. The fourth-order valence-corrected chi connectivity index (χ4v) is 2.89. The number of nitrogens with zero attached hydrogens (tertiary/aromatic N) is 1. The summed E-state index contributed by atoms with van der Waals surface area (Å²) in [5.74, 6) is -0.624. The van der Waals surface area contributed by atoms with Crippen LogP contribution >= 0.6 is 34.8 Å². The van der Waals surface area contributed by atoms with Crippen LogP contribution in [0.4, 0.5) is 11.4 Å². The number of carbonyl (C=O) groups excluding carboxylic acids is 2. The SMILES string of the molecule is O=C1CC(Nc2cccc(Cl)c2Cl)C(=O)N1c1ccc(Cl)cc1. The summed E-state index contributed by atoms with van der Waals surface area (Å²) in [5, 5.41) is 4.22. The summed E-state index contributed by atoms with van der Waals surface area (Å²) < 4.78 is 0. The molecule has 1 atom stereocenters. The van der Waals surface area contributed by atoms with Crippen LogP contribution in [0.1, 0.15) is 6.42 Å². The number of imide groups is 1. The molecule has 7 heteroatoms. The first-order valence-corrected chi connectivity index (χ1v) is 7.93. The Bertz CT molecular complexity index is 777. The Morgan fingerprint density at radius 1 is 1.00 bits per heavy atom. The Morgan fingerprint density at radius 3 is 2.39 bits per heavy atom. The number of carbonyl (C=O) groups is 2. The second kappa shape index (κ2) is 6.40. The highest BCUT2D eigenvalue weighted by atomic mass is 35.5. The van der Waals surface area contributed by atoms with E-state index in [1.54, 1.807) is 42.5 Å².